The lowest BCUT2D eigenvalue weighted by molar-refractivity contribution is -0.164. The number of esters is 1. The van der Waals surface area contributed by atoms with E-state index in [0.29, 0.717) is 22.2 Å². The highest BCUT2D eigenvalue weighted by atomic mass is 79.9. The number of carbonyl (C=O) groups is 4. The predicted octanol–water partition coefficient (Wildman–Crippen LogP) is 4.60. The fourth-order valence-electron chi connectivity index (χ4n) is 8.05. The summed E-state index contributed by atoms with van der Waals surface area (Å²) in [6.45, 7) is 7.78. The van der Waals surface area contributed by atoms with Crippen LogP contribution in [0.5, 0.6) is 0 Å². The van der Waals surface area contributed by atoms with Crippen molar-refractivity contribution in [3.63, 3.8) is 0 Å². The van der Waals surface area contributed by atoms with Gasteiger partial charge in [-0.1, -0.05) is 58.4 Å². The van der Waals surface area contributed by atoms with Crippen LogP contribution in [0.4, 0.5) is 11.4 Å². The Morgan fingerprint density at radius 2 is 1.67 bits per heavy atom. The number of halogens is 1. The molecular formula is C39H47BrN4O7. The number of likely N-dealkylation sites (tertiary alicyclic amines) is 1. The van der Waals surface area contributed by atoms with Gasteiger partial charge < -0.3 is 34.2 Å². The van der Waals surface area contributed by atoms with Crippen molar-refractivity contribution in [3.05, 3.63) is 82.9 Å². The second-order valence-corrected chi connectivity index (χ2v) is 14.5. The average Bonchev–Trinajstić information content (AvgIpc) is 3.73. The van der Waals surface area contributed by atoms with Gasteiger partial charge in [-0.3, -0.25) is 19.2 Å². The number of hydrogen-bond acceptors (Lipinski definition) is 8. The Morgan fingerprint density at radius 3 is 2.33 bits per heavy atom. The van der Waals surface area contributed by atoms with Gasteiger partial charge in [0.1, 0.15) is 29.8 Å². The van der Waals surface area contributed by atoms with Gasteiger partial charge in [0.15, 0.2) is 0 Å². The highest BCUT2D eigenvalue weighted by Gasteiger charge is 2.75. The Hall–Kier alpha value is -4.00. The zero-order valence-corrected chi connectivity index (χ0v) is 31.2. The molecule has 0 unspecified atom stereocenters. The van der Waals surface area contributed by atoms with E-state index in [1.54, 1.807) is 22.9 Å². The maximum absolute atomic E-state index is 15.1. The molecule has 1 N–H and O–H groups in total. The van der Waals surface area contributed by atoms with Gasteiger partial charge in [0.05, 0.1) is 12.0 Å². The summed E-state index contributed by atoms with van der Waals surface area (Å²) in [6, 6.07) is 15.4. The minimum absolute atomic E-state index is 0.104. The number of ether oxygens (including phenoxy) is 2. The van der Waals surface area contributed by atoms with Crippen LogP contribution in [0.15, 0.2) is 77.3 Å². The van der Waals surface area contributed by atoms with E-state index in [1.807, 2.05) is 73.7 Å². The summed E-state index contributed by atoms with van der Waals surface area (Å²) in [7, 11) is 1.70. The van der Waals surface area contributed by atoms with Crippen molar-refractivity contribution in [1.82, 2.24) is 9.80 Å². The third-order valence-electron chi connectivity index (χ3n) is 10.8. The number of rotatable bonds is 8. The van der Waals surface area contributed by atoms with Gasteiger partial charge in [0.25, 0.3) is 5.91 Å². The van der Waals surface area contributed by atoms with Crippen LogP contribution < -0.4 is 9.80 Å². The van der Waals surface area contributed by atoms with Crippen molar-refractivity contribution in [1.29, 1.82) is 0 Å². The number of cyclic esters (lactones) is 1. The minimum atomic E-state index is -1.45. The number of aliphatic hydroxyl groups excluding tert-OH is 1. The molecule has 2 aromatic carbocycles. The van der Waals surface area contributed by atoms with Gasteiger partial charge in [0, 0.05) is 62.1 Å². The molecule has 0 radical (unpaired) electrons. The molecule has 5 bridgehead atoms. The molecule has 0 aromatic heterocycles. The maximum atomic E-state index is 15.1. The van der Waals surface area contributed by atoms with Gasteiger partial charge in [-0.15, -0.1) is 0 Å². The van der Waals surface area contributed by atoms with Crippen LogP contribution in [0.25, 0.3) is 0 Å². The fraction of sp³-hybridized carbons (Fsp3) is 0.487. The van der Waals surface area contributed by atoms with Crippen molar-refractivity contribution < 1.29 is 33.8 Å². The molecule has 51 heavy (non-hydrogen) atoms. The van der Waals surface area contributed by atoms with Crippen LogP contribution in [0.1, 0.15) is 51.7 Å². The molecule has 4 aliphatic rings. The zero-order chi connectivity index (χ0) is 36.4. The molecule has 272 valence electrons. The predicted molar refractivity (Wildman–Crippen MR) is 197 cm³/mol. The smallest absolute Gasteiger partial charge is 0.313 e. The minimum Gasteiger partial charge on any atom is -0.455 e. The highest BCUT2D eigenvalue weighted by Crippen LogP contribution is 2.59. The van der Waals surface area contributed by atoms with E-state index in [9.17, 15) is 19.5 Å². The van der Waals surface area contributed by atoms with E-state index in [4.69, 9.17) is 9.47 Å². The van der Waals surface area contributed by atoms with E-state index >= 15 is 4.79 Å². The van der Waals surface area contributed by atoms with Gasteiger partial charge in [0.2, 0.25) is 11.8 Å². The molecule has 2 aromatic rings. The van der Waals surface area contributed by atoms with E-state index in [1.165, 1.54) is 4.90 Å². The number of anilines is 2. The van der Waals surface area contributed by atoms with Crippen LogP contribution in [0.2, 0.25) is 0 Å². The number of amides is 3. The number of fused-ring (bicyclic) bond motifs is 2. The molecule has 11 nitrogen and oxygen atoms in total. The number of benzene rings is 2. The Balaban J connectivity index is 1.46. The summed E-state index contributed by atoms with van der Waals surface area (Å²) in [6.07, 6.45) is 4.78. The average molecular weight is 764 g/mol. The summed E-state index contributed by atoms with van der Waals surface area (Å²) >= 11 is 3.62. The molecule has 4 aliphatic heterocycles. The first-order valence-corrected chi connectivity index (χ1v) is 18.7. The number of carbonyl (C=O) groups excluding carboxylic acids is 4. The Labute approximate surface area is 308 Å². The van der Waals surface area contributed by atoms with Crippen LogP contribution in [-0.2, 0) is 28.7 Å². The second kappa shape index (κ2) is 15.3. The Bertz CT molecular complexity index is 1680. The first kappa shape index (κ1) is 36.8. The zero-order valence-electron chi connectivity index (χ0n) is 29.6. The molecule has 0 saturated carbocycles. The van der Waals surface area contributed by atoms with Crippen LogP contribution >= 0.6 is 15.9 Å². The van der Waals surface area contributed by atoms with Crippen LogP contribution in [-0.4, -0.2) is 102 Å². The van der Waals surface area contributed by atoms with Crippen molar-refractivity contribution in [2.45, 2.75) is 69.9 Å². The molecule has 2 fully saturated rings. The van der Waals surface area contributed by atoms with Crippen molar-refractivity contribution in [3.8, 4) is 0 Å². The number of nitrogens with zero attached hydrogens (tertiary/aromatic N) is 4. The molecule has 1 spiro atoms. The monoisotopic (exact) mass is 762 g/mol. The summed E-state index contributed by atoms with van der Waals surface area (Å²) < 4.78 is 13.5. The van der Waals surface area contributed by atoms with Crippen LogP contribution in [0.3, 0.4) is 0 Å². The molecule has 6 rings (SSSR count). The maximum Gasteiger partial charge on any atom is 0.313 e. The first-order chi connectivity index (χ1) is 24.6. The topological polar surface area (TPSA) is 120 Å². The van der Waals surface area contributed by atoms with E-state index in [2.05, 4.69) is 34.7 Å². The molecule has 0 aliphatic carbocycles. The van der Waals surface area contributed by atoms with Crippen molar-refractivity contribution >= 4 is 51.0 Å². The Kier molecular flexibility index (Phi) is 11.0. The second-order valence-electron chi connectivity index (χ2n) is 13.6. The molecule has 3 amide bonds. The first-order valence-electron chi connectivity index (χ1n) is 17.9. The van der Waals surface area contributed by atoms with Crippen molar-refractivity contribution in [2.75, 3.05) is 49.6 Å². The number of allylic oxidation sites excluding steroid dienone is 1. The lowest BCUT2D eigenvalue weighted by atomic mass is 9.74. The fourth-order valence-corrected chi connectivity index (χ4v) is 8.79. The standard InChI is InChI=1S/C39H47BrN4O7/c1-5-42(6-2)27-17-19-28(20-18-27)43-21-12-8-11-16-30(46)41(4)25(3)33(26-14-9-7-10-15-26)50-38(49)31-32-36(47)44(22-13-23-45)35(37(43)48)39(32)24-29(40)34(31)51-39/h7-10,12,14-15,17-20,24-25,31-35,45H,5-6,11,13,16,21-23H2,1-4H3/b12-8-/t25-,31+,32-,33+,34+,35+,39-/m0/s1. The highest BCUT2D eigenvalue weighted by molar-refractivity contribution is 9.11. The van der Waals surface area contributed by atoms with Gasteiger partial charge in [-0.05, 0) is 69.5 Å². The third-order valence-corrected chi connectivity index (χ3v) is 11.5. The third kappa shape index (κ3) is 6.62. The van der Waals surface area contributed by atoms with Crippen molar-refractivity contribution in [2.24, 2.45) is 11.8 Å². The molecule has 2 saturated heterocycles. The van der Waals surface area contributed by atoms with Gasteiger partial charge in [-0.25, -0.2) is 0 Å². The number of aliphatic hydroxyl groups is 1. The van der Waals surface area contributed by atoms with E-state index in [0.717, 1.165) is 18.8 Å². The molecular weight excluding hydrogens is 716 g/mol. The SMILES string of the molecule is CCN(CC)c1ccc(N2C/C=C\CCC(=O)N(C)[C@@H](C)[C@H](c3ccccc3)OC(=O)[C@H]3[C@@H]4O[C@@]5(C=C4Br)[C@@H]3C(=O)N(CCCO)[C@@H]5C2=O)cc1. The van der Waals surface area contributed by atoms with Gasteiger partial charge in [-0.2, -0.15) is 0 Å². The lowest BCUT2D eigenvalue weighted by Gasteiger charge is -2.36. The molecule has 4 heterocycles. The van der Waals surface area contributed by atoms with E-state index < -0.39 is 53.6 Å². The molecule has 7 atom stereocenters. The largest absolute Gasteiger partial charge is 0.455 e. The summed E-state index contributed by atoms with van der Waals surface area (Å²) in [4.78, 5) is 64.4. The summed E-state index contributed by atoms with van der Waals surface area (Å²) in [5.41, 5.74) is 0.916. The summed E-state index contributed by atoms with van der Waals surface area (Å²) in [5.74, 6) is -3.61. The normalized spacial score (nSPS) is 30.4. The van der Waals surface area contributed by atoms with Crippen LogP contribution in [0, 0.1) is 11.8 Å². The van der Waals surface area contributed by atoms with Gasteiger partial charge >= 0.3 is 5.97 Å². The van der Waals surface area contributed by atoms with E-state index in [-0.39, 0.29) is 44.4 Å². The quantitative estimate of drug-likeness (QED) is 0.306. The molecule has 12 heteroatoms. The number of hydrogen-bond donors (Lipinski definition) is 1. The summed E-state index contributed by atoms with van der Waals surface area (Å²) in [5, 5.41) is 9.82. The Morgan fingerprint density at radius 1 is 0.961 bits per heavy atom. The lowest BCUT2D eigenvalue weighted by Crippen LogP contribution is -2.56. The number of likely N-dealkylation sites (N-methyl/N-ethyl adjacent to an activating group) is 1.